The lowest BCUT2D eigenvalue weighted by Gasteiger charge is -2.28. The second-order valence-electron chi connectivity index (χ2n) is 2.49. The summed E-state index contributed by atoms with van der Waals surface area (Å²) in [5.41, 5.74) is 1.34. The summed E-state index contributed by atoms with van der Waals surface area (Å²) in [5.74, 6) is 0.321. The monoisotopic (exact) mass is 124 g/mol. The first kappa shape index (κ1) is 6.33. The van der Waals surface area contributed by atoms with E-state index in [1.165, 1.54) is 11.8 Å². The van der Waals surface area contributed by atoms with Gasteiger partial charge < -0.3 is 10.7 Å². The normalized spacial score (nSPS) is 27.3. The van der Waals surface area contributed by atoms with Crippen LogP contribution >= 0.6 is 0 Å². The number of hydrogen-bond donors (Lipinski definition) is 2. The van der Waals surface area contributed by atoms with E-state index < -0.39 is 0 Å². The van der Waals surface area contributed by atoms with Gasteiger partial charge in [0.05, 0.1) is 0 Å². The van der Waals surface area contributed by atoms with Crippen LogP contribution in [-0.2, 0) is 0 Å². The SMILES string of the molecule is CC(C=N)C1=CN[C@H]1C. The maximum absolute atomic E-state index is 6.97. The topological polar surface area (TPSA) is 35.9 Å². The molecule has 0 aromatic carbocycles. The van der Waals surface area contributed by atoms with Gasteiger partial charge in [0.2, 0.25) is 0 Å². The minimum Gasteiger partial charge on any atom is -0.385 e. The van der Waals surface area contributed by atoms with Crippen molar-refractivity contribution in [1.29, 1.82) is 5.41 Å². The zero-order valence-corrected chi connectivity index (χ0v) is 5.81. The van der Waals surface area contributed by atoms with Crippen LogP contribution in [0.5, 0.6) is 0 Å². The van der Waals surface area contributed by atoms with E-state index in [1.807, 2.05) is 13.1 Å². The van der Waals surface area contributed by atoms with Crippen LogP contribution in [0.1, 0.15) is 13.8 Å². The lowest BCUT2D eigenvalue weighted by molar-refractivity contribution is 0.593. The number of rotatable bonds is 2. The first-order valence-corrected chi connectivity index (χ1v) is 3.22. The highest BCUT2D eigenvalue weighted by Crippen LogP contribution is 2.17. The Morgan fingerprint density at radius 2 is 2.56 bits per heavy atom. The number of nitrogens with one attached hydrogen (secondary N) is 2. The molecular formula is C7H12N2. The fourth-order valence-corrected chi connectivity index (χ4v) is 0.968. The van der Waals surface area contributed by atoms with Gasteiger partial charge in [-0.3, -0.25) is 0 Å². The van der Waals surface area contributed by atoms with E-state index in [0.29, 0.717) is 12.0 Å². The van der Waals surface area contributed by atoms with Gasteiger partial charge in [0.15, 0.2) is 0 Å². The van der Waals surface area contributed by atoms with E-state index in [-0.39, 0.29) is 0 Å². The minimum atomic E-state index is 0.321. The zero-order chi connectivity index (χ0) is 6.85. The molecule has 50 valence electrons. The molecule has 0 aromatic rings. The molecule has 1 aliphatic rings. The molecule has 2 heteroatoms. The summed E-state index contributed by atoms with van der Waals surface area (Å²) in [4.78, 5) is 0. The van der Waals surface area contributed by atoms with Crippen LogP contribution in [0.2, 0.25) is 0 Å². The van der Waals surface area contributed by atoms with Crippen molar-refractivity contribution in [3.8, 4) is 0 Å². The van der Waals surface area contributed by atoms with Gasteiger partial charge in [-0.05, 0) is 18.7 Å². The summed E-state index contributed by atoms with van der Waals surface area (Å²) in [5, 5.41) is 10.1. The van der Waals surface area contributed by atoms with Crippen molar-refractivity contribution in [2.75, 3.05) is 0 Å². The molecule has 0 radical (unpaired) electrons. The van der Waals surface area contributed by atoms with Gasteiger partial charge in [-0.25, -0.2) is 0 Å². The number of hydrogen-bond acceptors (Lipinski definition) is 2. The average molecular weight is 124 g/mol. The summed E-state index contributed by atoms with van der Waals surface area (Å²) in [7, 11) is 0. The molecule has 0 aliphatic carbocycles. The molecule has 0 saturated carbocycles. The van der Waals surface area contributed by atoms with E-state index in [4.69, 9.17) is 5.41 Å². The molecule has 0 bridgehead atoms. The van der Waals surface area contributed by atoms with Gasteiger partial charge in [0.1, 0.15) is 0 Å². The lowest BCUT2D eigenvalue weighted by atomic mass is 9.93. The Kier molecular flexibility index (Phi) is 1.56. The van der Waals surface area contributed by atoms with Gasteiger partial charge >= 0.3 is 0 Å². The van der Waals surface area contributed by atoms with Crippen LogP contribution in [-0.4, -0.2) is 12.3 Å². The Bertz CT molecular complexity index is 149. The molecule has 0 spiro atoms. The summed E-state index contributed by atoms with van der Waals surface area (Å²) in [6.07, 6.45) is 3.46. The smallest absolute Gasteiger partial charge is 0.0463 e. The third kappa shape index (κ3) is 0.969. The van der Waals surface area contributed by atoms with Gasteiger partial charge in [-0.15, -0.1) is 0 Å². The second-order valence-corrected chi connectivity index (χ2v) is 2.49. The molecule has 0 saturated heterocycles. The Balaban J connectivity index is 2.53. The Morgan fingerprint density at radius 3 is 2.67 bits per heavy atom. The van der Waals surface area contributed by atoms with E-state index >= 15 is 0 Å². The van der Waals surface area contributed by atoms with Crippen molar-refractivity contribution in [3.05, 3.63) is 11.8 Å². The Labute approximate surface area is 55.5 Å². The molecule has 0 aromatic heterocycles. The molecule has 2 N–H and O–H groups in total. The zero-order valence-electron chi connectivity index (χ0n) is 5.81. The summed E-state index contributed by atoms with van der Waals surface area (Å²) >= 11 is 0. The van der Waals surface area contributed by atoms with Crippen LogP contribution in [0.3, 0.4) is 0 Å². The van der Waals surface area contributed by atoms with E-state index in [0.717, 1.165) is 0 Å². The van der Waals surface area contributed by atoms with Crippen LogP contribution in [0, 0.1) is 11.3 Å². The maximum atomic E-state index is 6.97. The van der Waals surface area contributed by atoms with Gasteiger partial charge in [0, 0.05) is 18.2 Å². The molecule has 2 nitrogen and oxygen atoms in total. The summed E-state index contributed by atoms with van der Waals surface area (Å²) in [6, 6.07) is 0.488. The molecule has 0 fully saturated rings. The first-order chi connectivity index (χ1) is 4.25. The largest absolute Gasteiger partial charge is 0.385 e. The van der Waals surface area contributed by atoms with Gasteiger partial charge in [-0.1, -0.05) is 6.92 Å². The van der Waals surface area contributed by atoms with Crippen molar-refractivity contribution in [2.24, 2.45) is 5.92 Å². The predicted octanol–water partition coefficient (Wildman–Crippen LogP) is 1.15. The average Bonchev–Trinajstić information content (AvgIpc) is 1.84. The fraction of sp³-hybridized carbons (Fsp3) is 0.571. The summed E-state index contributed by atoms with van der Waals surface area (Å²) < 4.78 is 0. The van der Waals surface area contributed by atoms with Gasteiger partial charge in [-0.2, -0.15) is 0 Å². The standard InChI is InChI=1S/C7H12N2/c1-5(3-8)7-4-9-6(7)2/h3-6,8-9H,1-2H3/t5?,6-/m0/s1. The first-order valence-electron chi connectivity index (χ1n) is 3.22. The van der Waals surface area contributed by atoms with Crippen molar-refractivity contribution in [3.63, 3.8) is 0 Å². The van der Waals surface area contributed by atoms with E-state index in [9.17, 15) is 0 Å². The molecule has 1 heterocycles. The quantitative estimate of drug-likeness (QED) is 0.532. The Morgan fingerprint density at radius 1 is 1.89 bits per heavy atom. The van der Waals surface area contributed by atoms with E-state index in [1.54, 1.807) is 0 Å². The second kappa shape index (κ2) is 2.21. The highest BCUT2D eigenvalue weighted by atomic mass is 14.9. The van der Waals surface area contributed by atoms with Crippen LogP contribution < -0.4 is 5.32 Å². The van der Waals surface area contributed by atoms with Crippen LogP contribution in [0.4, 0.5) is 0 Å². The van der Waals surface area contributed by atoms with Crippen molar-refractivity contribution < 1.29 is 0 Å². The van der Waals surface area contributed by atoms with Crippen molar-refractivity contribution in [1.82, 2.24) is 5.32 Å². The fourth-order valence-electron chi connectivity index (χ4n) is 0.968. The predicted molar refractivity (Wildman–Crippen MR) is 38.6 cm³/mol. The Hall–Kier alpha value is -0.790. The molecule has 9 heavy (non-hydrogen) atoms. The molecular weight excluding hydrogens is 112 g/mol. The van der Waals surface area contributed by atoms with Crippen molar-refractivity contribution >= 4 is 6.21 Å². The minimum absolute atomic E-state index is 0.321. The van der Waals surface area contributed by atoms with E-state index in [2.05, 4.69) is 12.2 Å². The molecule has 1 rings (SSSR count). The van der Waals surface area contributed by atoms with Crippen LogP contribution in [0.25, 0.3) is 0 Å². The lowest BCUT2D eigenvalue weighted by Crippen LogP contribution is -2.36. The maximum Gasteiger partial charge on any atom is 0.0463 e. The van der Waals surface area contributed by atoms with Crippen LogP contribution in [0.15, 0.2) is 11.8 Å². The third-order valence-electron chi connectivity index (χ3n) is 1.78. The van der Waals surface area contributed by atoms with Gasteiger partial charge in [0.25, 0.3) is 0 Å². The molecule has 0 amide bonds. The highest BCUT2D eigenvalue weighted by Gasteiger charge is 2.18. The van der Waals surface area contributed by atoms with Crippen molar-refractivity contribution in [2.45, 2.75) is 19.9 Å². The third-order valence-corrected chi connectivity index (χ3v) is 1.78. The molecule has 1 aliphatic heterocycles. The highest BCUT2D eigenvalue weighted by molar-refractivity contribution is 5.62. The summed E-state index contributed by atoms with van der Waals surface area (Å²) in [6.45, 7) is 4.14. The molecule has 2 atom stereocenters. The molecule has 1 unspecified atom stereocenters.